The first-order valence-electron chi connectivity index (χ1n) is 5.65. The lowest BCUT2D eigenvalue weighted by atomic mass is 10.1. The van der Waals surface area contributed by atoms with E-state index in [1.165, 1.54) is 0 Å². The first-order valence-corrected chi connectivity index (χ1v) is 7.74. The molecule has 0 heterocycles. The molecule has 0 aromatic carbocycles. The van der Waals surface area contributed by atoms with Gasteiger partial charge in [0.25, 0.3) is 0 Å². The summed E-state index contributed by atoms with van der Waals surface area (Å²) in [6.45, 7) is 0.950. The molecule has 16 heavy (non-hydrogen) atoms. The lowest BCUT2D eigenvalue weighted by Gasteiger charge is -2.14. The highest BCUT2D eigenvalue weighted by Crippen LogP contribution is 2.29. The Balaban J connectivity index is 2.24. The van der Waals surface area contributed by atoms with Gasteiger partial charge in [-0.05, 0) is 25.2 Å². The van der Waals surface area contributed by atoms with Gasteiger partial charge in [-0.1, -0.05) is 6.42 Å². The van der Waals surface area contributed by atoms with Gasteiger partial charge in [-0.2, -0.15) is 0 Å². The van der Waals surface area contributed by atoms with Crippen LogP contribution in [0.2, 0.25) is 0 Å². The van der Waals surface area contributed by atoms with Crippen molar-refractivity contribution in [1.82, 2.24) is 4.72 Å². The van der Waals surface area contributed by atoms with Gasteiger partial charge in [-0.3, -0.25) is 0 Å². The lowest BCUT2D eigenvalue weighted by Crippen LogP contribution is -2.33. The first-order chi connectivity index (χ1) is 7.55. The Labute approximate surface area is 103 Å². The summed E-state index contributed by atoms with van der Waals surface area (Å²) in [5.74, 6) is 0.416. The molecule has 0 bridgehead atoms. The van der Waals surface area contributed by atoms with Crippen molar-refractivity contribution < 1.29 is 13.2 Å². The maximum Gasteiger partial charge on any atom is 0.211 e. The summed E-state index contributed by atoms with van der Waals surface area (Å²) in [5, 5.41) is 0.127. The van der Waals surface area contributed by atoms with Gasteiger partial charge in [0, 0.05) is 25.6 Å². The largest absolute Gasteiger partial charge is 0.385 e. The molecule has 1 saturated carbocycles. The minimum Gasteiger partial charge on any atom is -0.385 e. The summed E-state index contributed by atoms with van der Waals surface area (Å²) in [4.78, 5) is 0. The normalized spacial score (nSPS) is 26.1. The number of methoxy groups -OCH3 is 1. The van der Waals surface area contributed by atoms with Gasteiger partial charge < -0.3 is 4.74 Å². The highest BCUT2D eigenvalue weighted by atomic mass is 35.5. The van der Waals surface area contributed by atoms with Crippen molar-refractivity contribution in [2.24, 2.45) is 5.92 Å². The molecule has 2 unspecified atom stereocenters. The quantitative estimate of drug-likeness (QED) is 0.561. The van der Waals surface area contributed by atoms with Crippen LogP contribution in [0.4, 0.5) is 0 Å². The first kappa shape index (κ1) is 14.2. The zero-order chi connectivity index (χ0) is 12.0. The fraction of sp³-hybridized carbons (Fsp3) is 1.00. The predicted octanol–water partition coefficient (Wildman–Crippen LogP) is 1.35. The predicted molar refractivity (Wildman–Crippen MR) is 65.3 cm³/mol. The van der Waals surface area contributed by atoms with Crippen LogP contribution in [-0.4, -0.2) is 39.8 Å². The van der Waals surface area contributed by atoms with E-state index in [4.69, 9.17) is 16.3 Å². The molecular formula is C10H20ClNO3S. The second-order valence-electron chi connectivity index (χ2n) is 4.22. The molecule has 1 aliphatic carbocycles. The van der Waals surface area contributed by atoms with Crippen LogP contribution >= 0.6 is 11.6 Å². The number of alkyl halides is 1. The van der Waals surface area contributed by atoms with E-state index >= 15 is 0 Å². The van der Waals surface area contributed by atoms with Gasteiger partial charge >= 0.3 is 0 Å². The Morgan fingerprint density at radius 3 is 2.75 bits per heavy atom. The molecule has 0 aliphatic heterocycles. The average Bonchev–Trinajstić information content (AvgIpc) is 2.62. The average molecular weight is 270 g/mol. The number of halogens is 1. The molecule has 6 heteroatoms. The molecule has 1 rings (SSSR count). The second-order valence-corrected chi connectivity index (χ2v) is 6.71. The Hall–Kier alpha value is 0.160. The molecule has 1 fully saturated rings. The third kappa shape index (κ3) is 4.99. The lowest BCUT2D eigenvalue weighted by molar-refractivity contribution is 0.199. The highest BCUT2D eigenvalue weighted by Gasteiger charge is 2.26. The summed E-state index contributed by atoms with van der Waals surface area (Å²) in [6, 6.07) is 0. The SMILES string of the molecule is COCCCS(=O)(=O)NCC1CCCC1Cl. The Morgan fingerprint density at radius 2 is 2.19 bits per heavy atom. The summed E-state index contributed by atoms with van der Waals surface area (Å²) in [5.41, 5.74) is 0. The van der Waals surface area contributed by atoms with Crippen LogP contribution in [0.3, 0.4) is 0 Å². The van der Waals surface area contributed by atoms with Crippen LogP contribution in [0.25, 0.3) is 0 Å². The maximum atomic E-state index is 11.6. The number of nitrogens with one attached hydrogen (secondary N) is 1. The molecule has 1 aliphatic rings. The molecule has 0 amide bonds. The second kappa shape index (κ2) is 6.79. The van der Waals surface area contributed by atoms with E-state index in [0.29, 0.717) is 25.5 Å². The zero-order valence-electron chi connectivity index (χ0n) is 9.62. The van der Waals surface area contributed by atoms with Crippen molar-refractivity contribution >= 4 is 21.6 Å². The molecule has 0 saturated heterocycles. The molecular weight excluding hydrogens is 250 g/mol. The standard InChI is InChI=1S/C10H20ClNO3S/c1-15-6-3-7-16(13,14)12-8-9-4-2-5-10(9)11/h9-10,12H,2-8H2,1H3. The Bertz CT molecular complexity index is 294. The van der Waals surface area contributed by atoms with Crippen LogP contribution in [-0.2, 0) is 14.8 Å². The van der Waals surface area contributed by atoms with Gasteiger partial charge in [-0.15, -0.1) is 11.6 Å². The number of hydrogen-bond donors (Lipinski definition) is 1. The van der Waals surface area contributed by atoms with E-state index in [-0.39, 0.29) is 11.1 Å². The van der Waals surface area contributed by atoms with E-state index < -0.39 is 10.0 Å². The fourth-order valence-electron chi connectivity index (χ4n) is 1.92. The summed E-state index contributed by atoms with van der Waals surface area (Å²) in [6.07, 6.45) is 3.65. The number of sulfonamides is 1. The third-order valence-corrected chi connectivity index (χ3v) is 4.90. The molecule has 0 aromatic rings. The van der Waals surface area contributed by atoms with Crippen molar-refractivity contribution in [2.75, 3.05) is 26.0 Å². The van der Waals surface area contributed by atoms with Crippen molar-refractivity contribution in [1.29, 1.82) is 0 Å². The van der Waals surface area contributed by atoms with Crippen LogP contribution in [0.15, 0.2) is 0 Å². The topological polar surface area (TPSA) is 55.4 Å². The van der Waals surface area contributed by atoms with E-state index in [1.54, 1.807) is 7.11 Å². The minimum absolute atomic E-state index is 0.126. The molecule has 4 nitrogen and oxygen atoms in total. The number of rotatable bonds is 7. The molecule has 96 valence electrons. The maximum absolute atomic E-state index is 11.6. The van der Waals surface area contributed by atoms with Gasteiger partial charge in [0.15, 0.2) is 0 Å². The molecule has 2 atom stereocenters. The fourth-order valence-corrected chi connectivity index (χ4v) is 3.40. The zero-order valence-corrected chi connectivity index (χ0v) is 11.2. The Morgan fingerprint density at radius 1 is 1.44 bits per heavy atom. The molecule has 1 N–H and O–H groups in total. The highest BCUT2D eigenvalue weighted by molar-refractivity contribution is 7.89. The Kier molecular flexibility index (Phi) is 6.03. The summed E-state index contributed by atoms with van der Waals surface area (Å²) in [7, 11) is -1.59. The van der Waals surface area contributed by atoms with E-state index in [0.717, 1.165) is 19.3 Å². The van der Waals surface area contributed by atoms with Crippen molar-refractivity contribution in [2.45, 2.75) is 31.1 Å². The van der Waals surface area contributed by atoms with Gasteiger partial charge in [0.1, 0.15) is 0 Å². The van der Waals surface area contributed by atoms with Crippen LogP contribution in [0, 0.1) is 5.92 Å². The van der Waals surface area contributed by atoms with E-state index in [9.17, 15) is 8.42 Å². The van der Waals surface area contributed by atoms with Crippen LogP contribution < -0.4 is 4.72 Å². The van der Waals surface area contributed by atoms with Crippen molar-refractivity contribution in [3.05, 3.63) is 0 Å². The van der Waals surface area contributed by atoms with Gasteiger partial charge in [0.05, 0.1) is 5.75 Å². The monoisotopic (exact) mass is 269 g/mol. The number of ether oxygens (including phenoxy) is 1. The summed E-state index contributed by atoms with van der Waals surface area (Å²) < 4.78 is 30.6. The van der Waals surface area contributed by atoms with Gasteiger partial charge in [0.2, 0.25) is 10.0 Å². The van der Waals surface area contributed by atoms with Crippen LogP contribution in [0.5, 0.6) is 0 Å². The molecule has 0 spiro atoms. The minimum atomic E-state index is -3.15. The van der Waals surface area contributed by atoms with E-state index in [1.807, 2.05) is 0 Å². The van der Waals surface area contributed by atoms with Gasteiger partial charge in [-0.25, -0.2) is 13.1 Å². The number of hydrogen-bond acceptors (Lipinski definition) is 3. The smallest absolute Gasteiger partial charge is 0.211 e. The van der Waals surface area contributed by atoms with Crippen molar-refractivity contribution in [3.8, 4) is 0 Å². The third-order valence-electron chi connectivity index (χ3n) is 2.89. The molecule has 0 aromatic heterocycles. The van der Waals surface area contributed by atoms with Crippen molar-refractivity contribution in [3.63, 3.8) is 0 Å². The van der Waals surface area contributed by atoms with Crippen LogP contribution in [0.1, 0.15) is 25.7 Å². The molecule has 0 radical (unpaired) electrons. The van der Waals surface area contributed by atoms with E-state index in [2.05, 4.69) is 4.72 Å². The summed E-state index contributed by atoms with van der Waals surface area (Å²) >= 11 is 6.08.